The molecule has 5 heteroatoms. The Balaban J connectivity index is 1.23. The molecule has 0 unspecified atom stereocenters. The fourth-order valence-electron chi connectivity index (χ4n) is 6.90. The number of hydrogen-bond acceptors (Lipinski definition) is 5. The zero-order valence-electron chi connectivity index (χ0n) is 25.1. The molecule has 218 valence electrons. The molecule has 0 atom stereocenters. The van der Waals surface area contributed by atoms with Gasteiger partial charge in [0.15, 0.2) is 17.5 Å². The molecule has 5 nitrogen and oxygen atoms in total. The molecule has 3 heterocycles. The van der Waals surface area contributed by atoms with Crippen LogP contribution < -0.4 is 0 Å². The van der Waals surface area contributed by atoms with Crippen molar-refractivity contribution in [3.05, 3.63) is 146 Å². The molecule has 10 aromatic rings. The van der Waals surface area contributed by atoms with Gasteiger partial charge >= 0.3 is 0 Å². The van der Waals surface area contributed by atoms with Crippen LogP contribution in [0.3, 0.4) is 0 Å². The van der Waals surface area contributed by atoms with Crippen molar-refractivity contribution in [2.75, 3.05) is 0 Å². The molecule has 0 aliphatic carbocycles. The van der Waals surface area contributed by atoms with Crippen LogP contribution in [0.1, 0.15) is 0 Å². The highest BCUT2D eigenvalue weighted by Crippen LogP contribution is 2.39. The van der Waals surface area contributed by atoms with Gasteiger partial charge in [-0.05, 0) is 55.9 Å². The van der Waals surface area contributed by atoms with Crippen LogP contribution in [0.25, 0.3) is 99.3 Å². The number of aromatic nitrogens is 4. The van der Waals surface area contributed by atoms with Crippen LogP contribution in [0.4, 0.5) is 0 Å². The molecule has 0 N–H and O–H groups in total. The van der Waals surface area contributed by atoms with E-state index in [4.69, 9.17) is 24.4 Å². The van der Waals surface area contributed by atoms with Crippen LogP contribution in [-0.4, -0.2) is 19.9 Å². The minimum absolute atomic E-state index is 0.499. The first-order valence-corrected chi connectivity index (χ1v) is 15.6. The number of rotatable bonds is 3. The topological polar surface area (TPSA) is 64.7 Å². The number of fused-ring (bicyclic) bond motifs is 10. The van der Waals surface area contributed by atoms with Gasteiger partial charge in [0.05, 0.1) is 5.39 Å². The average molecular weight is 601 g/mol. The molecular formula is C42H24N4O. The maximum absolute atomic E-state index is 6.47. The van der Waals surface area contributed by atoms with Crippen molar-refractivity contribution < 1.29 is 4.42 Å². The van der Waals surface area contributed by atoms with Crippen molar-refractivity contribution in [2.24, 2.45) is 0 Å². The molecule has 0 amide bonds. The van der Waals surface area contributed by atoms with Gasteiger partial charge in [0.25, 0.3) is 0 Å². The summed E-state index contributed by atoms with van der Waals surface area (Å²) in [5.74, 6) is 1.68. The lowest BCUT2D eigenvalue weighted by Gasteiger charge is -2.11. The highest BCUT2D eigenvalue weighted by atomic mass is 16.3. The summed E-state index contributed by atoms with van der Waals surface area (Å²) in [5, 5.41) is 11.3. The lowest BCUT2D eigenvalue weighted by Crippen LogP contribution is -2.01. The lowest BCUT2D eigenvalue weighted by molar-refractivity contribution is 0.672. The van der Waals surface area contributed by atoms with Crippen LogP contribution in [0.2, 0.25) is 0 Å². The highest BCUT2D eigenvalue weighted by molar-refractivity contribution is 6.19. The van der Waals surface area contributed by atoms with E-state index in [2.05, 4.69) is 91.0 Å². The summed E-state index contributed by atoms with van der Waals surface area (Å²) in [6, 6.07) is 48.3. The van der Waals surface area contributed by atoms with Gasteiger partial charge in [-0.25, -0.2) is 15.0 Å². The molecule has 47 heavy (non-hydrogen) atoms. The molecule has 0 aliphatic rings. The standard InChI is InChI=1S/C42H24N4O/c1-2-10-28(11-3-1)40-44-41(29-15-14-27-17-19-32-30-12-6-4-8-25(30)16-20-33(32)35(27)24-29)46-42(45-40)38-37-34-21-18-26-9-5-7-13-31(26)39(34)47-36(37)22-23-43-38/h1-24H. The summed E-state index contributed by atoms with van der Waals surface area (Å²) in [4.78, 5) is 20.0. The van der Waals surface area contributed by atoms with Gasteiger partial charge < -0.3 is 4.42 Å². The molecule has 0 aliphatic heterocycles. The maximum atomic E-state index is 6.47. The van der Waals surface area contributed by atoms with E-state index >= 15 is 0 Å². The molecule has 7 aromatic carbocycles. The Morgan fingerprint density at radius 1 is 0.404 bits per heavy atom. The zero-order chi connectivity index (χ0) is 30.9. The van der Waals surface area contributed by atoms with E-state index in [0.717, 1.165) is 54.6 Å². The van der Waals surface area contributed by atoms with Crippen molar-refractivity contribution in [1.29, 1.82) is 0 Å². The van der Waals surface area contributed by atoms with Gasteiger partial charge in [0.2, 0.25) is 0 Å². The van der Waals surface area contributed by atoms with Gasteiger partial charge in [-0.1, -0.05) is 121 Å². The van der Waals surface area contributed by atoms with E-state index in [1.165, 1.54) is 21.5 Å². The van der Waals surface area contributed by atoms with Crippen molar-refractivity contribution in [2.45, 2.75) is 0 Å². The Labute approximate surface area is 268 Å². The number of nitrogens with zero attached hydrogens (tertiary/aromatic N) is 4. The van der Waals surface area contributed by atoms with E-state index < -0.39 is 0 Å². The van der Waals surface area contributed by atoms with Gasteiger partial charge in [-0.15, -0.1) is 0 Å². The summed E-state index contributed by atoms with van der Waals surface area (Å²) in [7, 11) is 0. The SMILES string of the molecule is c1ccc(-c2nc(-c3ccc4ccc5c6ccccc6ccc5c4c3)nc(-c3nccc4oc5c6ccccc6ccc5c34)n2)cc1. The summed E-state index contributed by atoms with van der Waals surface area (Å²) in [5.41, 5.74) is 4.06. The molecular weight excluding hydrogens is 576 g/mol. The Morgan fingerprint density at radius 3 is 1.81 bits per heavy atom. The lowest BCUT2D eigenvalue weighted by atomic mass is 9.96. The van der Waals surface area contributed by atoms with E-state index in [0.29, 0.717) is 23.2 Å². The Bertz CT molecular complexity index is 2860. The average Bonchev–Trinajstić information content (AvgIpc) is 3.54. The van der Waals surface area contributed by atoms with Crippen LogP contribution in [0.5, 0.6) is 0 Å². The van der Waals surface area contributed by atoms with Crippen molar-refractivity contribution in [1.82, 2.24) is 19.9 Å². The highest BCUT2D eigenvalue weighted by Gasteiger charge is 2.20. The first-order chi connectivity index (χ1) is 23.3. The van der Waals surface area contributed by atoms with Gasteiger partial charge in [-0.3, -0.25) is 4.98 Å². The Hall–Kier alpha value is -6.46. The largest absolute Gasteiger partial charge is 0.455 e. The first kappa shape index (κ1) is 25.8. The summed E-state index contributed by atoms with van der Waals surface area (Å²) >= 11 is 0. The van der Waals surface area contributed by atoms with Crippen molar-refractivity contribution >= 4 is 65.0 Å². The molecule has 0 radical (unpaired) electrons. The third-order valence-electron chi connectivity index (χ3n) is 9.15. The third kappa shape index (κ3) is 4.03. The van der Waals surface area contributed by atoms with Crippen LogP contribution >= 0.6 is 0 Å². The maximum Gasteiger partial charge on any atom is 0.183 e. The van der Waals surface area contributed by atoms with Crippen LogP contribution in [0, 0.1) is 0 Å². The van der Waals surface area contributed by atoms with Gasteiger partial charge in [-0.2, -0.15) is 0 Å². The second-order valence-corrected chi connectivity index (χ2v) is 11.9. The normalized spacial score (nSPS) is 11.8. The summed E-state index contributed by atoms with van der Waals surface area (Å²) in [6.45, 7) is 0. The molecule has 0 saturated carbocycles. The Morgan fingerprint density at radius 2 is 1.00 bits per heavy atom. The summed E-state index contributed by atoms with van der Waals surface area (Å²) in [6.07, 6.45) is 1.76. The molecule has 10 rings (SSSR count). The monoisotopic (exact) mass is 600 g/mol. The second kappa shape index (κ2) is 10.0. The van der Waals surface area contributed by atoms with E-state index in [1.54, 1.807) is 6.20 Å². The molecule has 0 saturated heterocycles. The smallest absolute Gasteiger partial charge is 0.183 e. The van der Waals surface area contributed by atoms with E-state index in [-0.39, 0.29) is 0 Å². The zero-order valence-corrected chi connectivity index (χ0v) is 25.1. The van der Waals surface area contributed by atoms with Gasteiger partial charge in [0.1, 0.15) is 16.9 Å². The molecule has 3 aromatic heterocycles. The predicted molar refractivity (Wildman–Crippen MR) is 191 cm³/mol. The van der Waals surface area contributed by atoms with E-state index in [1.807, 2.05) is 48.5 Å². The van der Waals surface area contributed by atoms with Crippen LogP contribution in [-0.2, 0) is 0 Å². The molecule has 0 fully saturated rings. The Kier molecular flexibility index (Phi) is 5.51. The van der Waals surface area contributed by atoms with Crippen molar-refractivity contribution in [3.63, 3.8) is 0 Å². The number of hydrogen-bond donors (Lipinski definition) is 0. The van der Waals surface area contributed by atoms with Gasteiger partial charge in [0, 0.05) is 28.1 Å². The quantitative estimate of drug-likeness (QED) is 0.189. The van der Waals surface area contributed by atoms with E-state index in [9.17, 15) is 0 Å². The van der Waals surface area contributed by atoms with Crippen molar-refractivity contribution in [3.8, 4) is 34.3 Å². The predicted octanol–water partition coefficient (Wildman–Crippen LogP) is 10.8. The summed E-state index contributed by atoms with van der Waals surface area (Å²) < 4.78 is 6.47. The van der Waals surface area contributed by atoms with Crippen LogP contribution in [0.15, 0.2) is 150 Å². The fraction of sp³-hybridized carbons (Fsp3) is 0. The third-order valence-corrected chi connectivity index (χ3v) is 9.15. The second-order valence-electron chi connectivity index (χ2n) is 11.9. The molecule has 0 spiro atoms. The minimum atomic E-state index is 0.499. The number of pyridine rings is 1. The molecule has 0 bridgehead atoms. The minimum Gasteiger partial charge on any atom is -0.455 e. The fourth-order valence-corrected chi connectivity index (χ4v) is 6.90. The number of furan rings is 1. The first-order valence-electron chi connectivity index (χ1n) is 15.6. The number of benzene rings is 7.